The highest BCUT2D eigenvalue weighted by atomic mass is 19.1. The van der Waals surface area contributed by atoms with E-state index in [1.165, 1.54) is 31.4 Å². The Labute approximate surface area is 134 Å². The molecule has 5 nitrogen and oxygen atoms in total. The number of methoxy groups -OCH3 is 1. The first kappa shape index (κ1) is 15.9. The monoisotopic (exact) mass is 320 g/mol. The molecule has 2 aliphatic rings. The molecule has 3 rings (SSSR count). The molecule has 2 bridgehead atoms. The Bertz CT molecular complexity index is 603. The quantitative estimate of drug-likeness (QED) is 0.798. The van der Waals surface area contributed by atoms with Crippen LogP contribution >= 0.6 is 0 Å². The number of benzene rings is 1. The Kier molecular flexibility index (Phi) is 4.35. The van der Waals surface area contributed by atoms with Crippen LogP contribution in [-0.2, 0) is 14.3 Å². The fraction of sp³-hybridized carbons (Fsp3) is 0.529. The van der Waals surface area contributed by atoms with Gasteiger partial charge in [-0.2, -0.15) is 0 Å². The van der Waals surface area contributed by atoms with Gasteiger partial charge in [-0.25, -0.2) is 9.18 Å². The fourth-order valence-corrected chi connectivity index (χ4v) is 3.78. The summed E-state index contributed by atoms with van der Waals surface area (Å²) in [4.78, 5) is 26.7. The third-order valence-electron chi connectivity index (χ3n) is 5.03. The molecule has 1 aromatic rings. The molecule has 0 saturated carbocycles. The second kappa shape index (κ2) is 6.28. The van der Waals surface area contributed by atoms with Gasteiger partial charge in [-0.05, 0) is 44.2 Å². The first-order valence-corrected chi connectivity index (χ1v) is 7.77. The maximum atomic E-state index is 13.0. The van der Waals surface area contributed by atoms with Crippen LogP contribution in [0, 0.1) is 11.7 Å². The van der Waals surface area contributed by atoms with Crippen molar-refractivity contribution in [3.05, 3.63) is 35.6 Å². The van der Waals surface area contributed by atoms with Crippen LogP contribution in [-0.4, -0.2) is 49.2 Å². The minimum atomic E-state index is -0.534. The highest BCUT2D eigenvalue weighted by molar-refractivity contribution is 5.89. The Morgan fingerprint density at radius 3 is 2.57 bits per heavy atom. The van der Waals surface area contributed by atoms with Gasteiger partial charge in [-0.1, -0.05) is 0 Å². The van der Waals surface area contributed by atoms with Gasteiger partial charge in [-0.3, -0.25) is 9.69 Å². The summed E-state index contributed by atoms with van der Waals surface area (Å²) in [5.41, 5.74) is 0.279. The summed E-state index contributed by atoms with van der Waals surface area (Å²) in [6, 6.07) is 5.54. The first-order valence-electron chi connectivity index (χ1n) is 7.77. The maximum absolute atomic E-state index is 13.0. The maximum Gasteiger partial charge on any atom is 0.338 e. The third kappa shape index (κ3) is 2.95. The van der Waals surface area contributed by atoms with E-state index in [0.717, 1.165) is 12.8 Å². The summed E-state index contributed by atoms with van der Waals surface area (Å²) < 4.78 is 23.5. The average Bonchev–Trinajstić information content (AvgIpc) is 2.78. The van der Waals surface area contributed by atoms with E-state index < -0.39 is 23.8 Å². The molecule has 0 aliphatic carbocycles. The van der Waals surface area contributed by atoms with Gasteiger partial charge in [0, 0.05) is 18.5 Å². The number of esters is 2. The molecule has 23 heavy (non-hydrogen) atoms. The smallest absolute Gasteiger partial charge is 0.338 e. The van der Waals surface area contributed by atoms with Crippen LogP contribution < -0.4 is 0 Å². The van der Waals surface area contributed by atoms with Crippen LogP contribution in [0.5, 0.6) is 0 Å². The molecule has 2 saturated heterocycles. The Hall–Kier alpha value is -1.95. The first-order chi connectivity index (χ1) is 11.0. The number of nitrogens with zero attached hydrogens (tertiary/aromatic N) is 1. The summed E-state index contributed by atoms with van der Waals surface area (Å²) in [5.74, 6) is -1.77. The molecule has 0 spiro atoms. The van der Waals surface area contributed by atoms with E-state index in [0.29, 0.717) is 12.5 Å². The topological polar surface area (TPSA) is 55.8 Å². The van der Waals surface area contributed by atoms with Crippen LogP contribution in [0.1, 0.15) is 29.6 Å². The second-order valence-electron chi connectivity index (χ2n) is 6.20. The van der Waals surface area contributed by atoms with Crippen molar-refractivity contribution in [2.75, 3.05) is 14.2 Å². The molecule has 0 amide bonds. The zero-order chi connectivity index (χ0) is 16.6. The molecule has 0 N–H and O–H groups in total. The van der Waals surface area contributed by atoms with Gasteiger partial charge in [0.05, 0.1) is 12.7 Å². The normalized spacial score (nSPS) is 30.0. The Balaban J connectivity index is 1.78. The number of carbonyl (C=O) groups excluding carboxylic acids is 2. The average molecular weight is 320 g/mol. The number of ether oxygens (including phenoxy) is 2. The van der Waals surface area contributed by atoms with E-state index >= 15 is 0 Å². The summed E-state index contributed by atoms with van der Waals surface area (Å²) >= 11 is 0. The zero-order valence-corrected chi connectivity index (χ0v) is 13.2. The van der Waals surface area contributed by atoms with Gasteiger partial charge in [0.15, 0.2) is 0 Å². The Morgan fingerprint density at radius 1 is 1.22 bits per heavy atom. The zero-order valence-electron chi connectivity index (χ0n) is 13.2. The fourth-order valence-electron chi connectivity index (χ4n) is 3.78. The van der Waals surface area contributed by atoms with Crippen molar-refractivity contribution in [2.24, 2.45) is 5.92 Å². The van der Waals surface area contributed by atoms with E-state index in [9.17, 15) is 14.0 Å². The molecule has 124 valence electrons. The minimum Gasteiger partial charge on any atom is -0.469 e. The van der Waals surface area contributed by atoms with Crippen molar-refractivity contribution < 1.29 is 23.5 Å². The Morgan fingerprint density at radius 2 is 1.91 bits per heavy atom. The van der Waals surface area contributed by atoms with Crippen LogP contribution in [0.4, 0.5) is 4.39 Å². The SMILES string of the molecule is COC(=O)[C@@H]1C2CCC(C[C@@H]1OC(=O)c1ccc(F)cc1)N2[11CH3]. The van der Waals surface area contributed by atoms with Gasteiger partial charge >= 0.3 is 11.9 Å². The predicted octanol–water partition coefficient (Wildman–Crippen LogP) is 2.01. The molecule has 2 unspecified atom stereocenters. The molecular weight excluding hydrogens is 300 g/mol. The molecular formula is C17H20FNO4. The minimum absolute atomic E-state index is 0.0345. The predicted molar refractivity (Wildman–Crippen MR) is 80.3 cm³/mol. The largest absolute Gasteiger partial charge is 0.469 e. The van der Waals surface area contributed by atoms with Crippen molar-refractivity contribution in [3.8, 4) is 0 Å². The van der Waals surface area contributed by atoms with E-state index in [4.69, 9.17) is 9.47 Å². The van der Waals surface area contributed by atoms with Crippen molar-refractivity contribution in [1.82, 2.24) is 4.90 Å². The standard InChI is InChI=1S/C17H20FNO4/c1-19-12-7-8-13(19)15(17(21)22-2)14(9-12)23-16(20)10-3-5-11(18)6-4-10/h3-6,12-15H,7-9H2,1-2H3/t12?,13?,14-,15+/m0/s1/i1-1. The lowest BCUT2D eigenvalue weighted by Gasteiger charge is -2.40. The molecule has 0 aromatic heterocycles. The van der Waals surface area contributed by atoms with Crippen LogP contribution in [0.2, 0.25) is 0 Å². The van der Waals surface area contributed by atoms with E-state index in [2.05, 4.69) is 4.90 Å². The van der Waals surface area contributed by atoms with Crippen molar-refractivity contribution in [1.29, 1.82) is 0 Å². The van der Waals surface area contributed by atoms with E-state index in [1.54, 1.807) is 0 Å². The molecule has 2 heterocycles. The number of carbonyl (C=O) groups is 2. The van der Waals surface area contributed by atoms with Crippen LogP contribution in [0.15, 0.2) is 24.3 Å². The molecule has 4 atom stereocenters. The molecule has 6 heteroatoms. The lowest BCUT2D eigenvalue weighted by atomic mass is 9.86. The molecule has 2 aliphatic heterocycles. The van der Waals surface area contributed by atoms with Gasteiger partial charge in [0.1, 0.15) is 17.8 Å². The van der Waals surface area contributed by atoms with Crippen molar-refractivity contribution >= 4 is 11.9 Å². The van der Waals surface area contributed by atoms with Gasteiger partial charge in [-0.15, -0.1) is 0 Å². The summed E-state index contributed by atoms with van der Waals surface area (Å²) in [6.45, 7) is 0. The second-order valence-corrected chi connectivity index (χ2v) is 6.20. The number of fused-ring (bicyclic) bond motifs is 2. The number of piperidine rings is 1. The number of hydrogen-bond acceptors (Lipinski definition) is 5. The van der Waals surface area contributed by atoms with Crippen LogP contribution in [0.25, 0.3) is 0 Å². The highest BCUT2D eigenvalue weighted by Crippen LogP contribution is 2.40. The van der Waals surface area contributed by atoms with Crippen LogP contribution in [0.3, 0.4) is 0 Å². The number of rotatable bonds is 3. The van der Waals surface area contributed by atoms with E-state index in [1.807, 2.05) is 7.05 Å². The van der Waals surface area contributed by atoms with Crippen molar-refractivity contribution in [2.45, 2.75) is 37.5 Å². The molecule has 0 radical (unpaired) electrons. The van der Waals surface area contributed by atoms with Gasteiger partial charge < -0.3 is 9.47 Å². The lowest BCUT2D eigenvalue weighted by molar-refractivity contribution is -0.156. The summed E-state index contributed by atoms with van der Waals surface area (Å²) in [7, 11) is 3.35. The highest BCUT2D eigenvalue weighted by Gasteiger charge is 2.50. The number of hydrogen-bond donors (Lipinski definition) is 0. The van der Waals surface area contributed by atoms with Gasteiger partial charge in [0.2, 0.25) is 0 Å². The number of halogens is 1. The summed E-state index contributed by atoms with van der Waals surface area (Å²) in [6.07, 6.45) is 1.98. The summed E-state index contributed by atoms with van der Waals surface area (Å²) in [5, 5.41) is 0. The third-order valence-corrected chi connectivity index (χ3v) is 5.03. The van der Waals surface area contributed by atoms with Gasteiger partial charge in [0.25, 0.3) is 0 Å². The lowest BCUT2D eigenvalue weighted by Crippen LogP contribution is -2.53. The van der Waals surface area contributed by atoms with Crippen molar-refractivity contribution in [3.63, 3.8) is 0 Å². The molecule has 2 fully saturated rings. The molecule has 1 aromatic carbocycles. The van der Waals surface area contributed by atoms with E-state index in [-0.39, 0.29) is 17.6 Å².